The molecule has 0 spiro atoms. The van der Waals surface area contributed by atoms with Crippen molar-refractivity contribution in [3.63, 3.8) is 0 Å². The number of benzene rings is 2. The Hall–Kier alpha value is -3.55. The summed E-state index contributed by atoms with van der Waals surface area (Å²) in [5.74, 6) is 0.871. The highest BCUT2D eigenvalue weighted by atomic mass is 16.6. The van der Waals surface area contributed by atoms with Crippen molar-refractivity contribution in [3.8, 4) is 11.5 Å². The zero-order valence-electron chi connectivity index (χ0n) is 20.9. The molecule has 4 amide bonds. The van der Waals surface area contributed by atoms with Crippen LogP contribution in [-0.2, 0) is 15.1 Å². The van der Waals surface area contributed by atoms with Crippen molar-refractivity contribution in [2.24, 2.45) is 5.92 Å². The minimum absolute atomic E-state index is 0.0642. The minimum atomic E-state index is -1.22. The highest BCUT2D eigenvalue weighted by Gasteiger charge is 2.49. The van der Waals surface area contributed by atoms with E-state index < -0.39 is 23.4 Å². The van der Waals surface area contributed by atoms with Gasteiger partial charge in [0.1, 0.15) is 25.3 Å². The summed E-state index contributed by atoms with van der Waals surface area (Å²) in [7, 11) is 0. The van der Waals surface area contributed by atoms with Crippen LogP contribution in [0.2, 0.25) is 0 Å². The van der Waals surface area contributed by atoms with Gasteiger partial charge in [0.25, 0.3) is 5.91 Å². The van der Waals surface area contributed by atoms with Gasteiger partial charge >= 0.3 is 6.03 Å². The van der Waals surface area contributed by atoms with Gasteiger partial charge in [0.15, 0.2) is 11.5 Å². The maximum absolute atomic E-state index is 13.3. The first kappa shape index (κ1) is 24.6. The zero-order valence-corrected chi connectivity index (χ0v) is 20.9. The van der Waals surface area contributed by atoms with Gasteiger partial charge in [0, 0.05) is 0 Å². The molecule has 8 nitrogen and oxygen atoms in total. The lowest BCUT2D eigenvalue weighted by Crippen LogP contribution is -2.44. The van der Waals surface area contributed by atoms with E-state index in [0.29, 0.717) is 36.2 Å². The molecule has 0 saturated carbocycles. The molecule has 2 N–H and O–H groups in total. The number of amides is 4. The Kier molecular flexibility index (Phi) is 6.74. The highest BCUT2D eigenvalue weighted by molar-refractivity contribution is 6.09. The summed E-state index contributed by atoms with van der Waals surface area (Å²) in [5.41, 5.74) is 1.47. The Labute approximate surface area is 206 Å². The van der Waals surface area contributed by atoms with Crippen molar-refractivity contribution >= 4 is 17.8 Å². The standard InChI is InChI=1S/C27H33N3O5/c1-16(2)18-6-9-20(10-7-18)27(5)25(32)30(26(33)29-27)15-23(31)28-24(17(3)4)19-8-11-21-22(14-19)35-13-12-34-21/h6-11,14,16-17,24H,12-13,15H2,1-5H3,(H,28,31)(H,29,33). The Morgan fingerprint density at radius 1 is 1.00 bits per heavy atom. The minimum Gasteiger partial charge on any atom is -0.486 e. The van der Waals surface area contributed by atoms with Crippen LogP contribution in [0.5, 0.6) is 11.5 Å². The van der Waals surface area contributed by atoms with Crippen LogP contribution in [-0.4, -0.2) is 42.5 Å². The third kappa shape index (κ3) is 4.83. The molecule has 0 aliphatic carbocycles. The maximum Gasteiger partial charge on any atom is 0.325 e. The van der Waals surface area contributed by atoms with E-state index in [0.717, 1.165) is 16.0 Å². The second-order valence-electron chi connectivity index (χ2n) is 9.92. The van der Waals surface area contributed by atoms with E-state index in [9.17, 15) is 14.4 Å². The number of hydrogen-bond donors (Lipinski definition) is 2. The number of rotatable bonds is 7. The smallest absolute Gasteiger partial charge is 0.325 e. The van der Waals surface area contributed by atoms with Gasteiger partial charge < -0.3 is 20.1 Å². The van der Waals surface area contributed by atoms with E-state index in [-0.39, 0.29) is 18.5 Å². The fourth-order valence-corrected chi connectivity index (χ4v) is 4.49. The van der Waals surface area contributed by atoms with Gasteiger partial charge in [-0.25, -0.2) is 4.79 Å². The molecule has 2 atom stereocenters. The first-order chi connectivity index (χ1) is 16.6. The molecule has 2 aliphatic heterocycles. The molecule has 2 aromatic rings. The Balaban J connectivity index is 1.47. The lowest BCUT2D eigenvalue weighted by Gasteiger charge is -2.26. The summed E-state index contributed by atoms with van der Waals surface area (Å²) in [4.78, 5) is 40.0. The summed E-state index contributed by atoms with van der Waals surface area (Å²) in [6.07, 6.45) is 0. The molecular weight excluding hydrogens is 446 g/mol. The number of urea groups is 1. The van der Waals surface area contributed by atoms with Gasteiger partial charge in [0.05, 0.1) is 6.04 Å². The molecule has 35 heavy (non-hydrogen) atoms. The molecule has 0 radical (unpaired) electrons. The Morgan fingerprint density at radius 3 is 2.26 bits per heavy atom. The van der Waals surface area contributed by atoms with E-state index in [1.54, 1.807) is 6.92 Å². The van der Waals surface area contributed by atoms with Gasteiger partial charge in [-0.3, -0.25) is 14.5 Å². The molecule has 2 aliphatic rings. The second kappa shape index (κ2) is 9.60. The number of ether oxygens (including phenoxy) is 2. The molecule has 186 valence electrons. The van der Waals surface area contributed by atoms with Crippen LogP contribution in [0.1, 0.15) is 63.3 Å². The Bertz CT molecular complexity index is 1130. The van der Waals surface area contributed by atoms with E-state index in [1.807, 2.05) is 56.3 Å². The summed E-state index contributed by atoms with van der Waals surface area (Å²) >= 11 is 0. The molecular formula is C27H33N3O5. The average Bonchev–Trinajstić information content (AvgIpc) is 3.05. The largest absolute Gasteiger partial charge is 0.486 e. The van der Waals surface area contributed by atoms with Crippen molar-refractivity contribution in [1.82, 2.24) is 15.5 Å². The molecule has 0 aromatic heterocycles. The fraction of sp³-hybridized carbons (Fsp3) is 0.444. The lowest BCUT2D eigenvalue weighted by molar-refractivity contribution is -0.135. The van der Waals surface area contributed by atoms with Crippen molar-refractivity contribution in [3.05, 3.63) is 59.2 Å². The topological polar surface area (TPSA) is 97.0 Å². The number of carbonyl (C=O) groups is 3. The van der Waals surface area contributed by atoms with E-state index in [4.69, 9.17) is 9.47 Å². The average molecular weight is 480 g/mol. The van der Waals surface area contributed by atoms with Gasteiger partial charge in [-0.2, -0.15) is 0 Å². The third-order valence-corrected chi connectivity index (χ3v) is 6.64. The first-order valence-corrected chi connectivity index (χ1v) is 12.0. The molecule has 4 rings (SSSR count). The number of nitrogens with zero attached hydrogens (tertiary/aromatic N) is 1. The number of hydrogen-bond acceptors (Lipinski definition) is 5. The Morgan fingerprint density at radius 2 is 1.63 bits per heavy atom. The number of nitrogens with one attached hydrogen (secondary N) is 2. The highest BCUT2D eigenvalue weighted by Crippen LogP contribution is 2.35. The summed E-state index contributed by atoms with van der Waals surface area (Å²) < 4.78 is 11.3. The van der Waals surface area contributed by atoms with Gasteiger partial charge in [-0.15, -0.1) is 0 Å². The van der Waals surface area contributed by atoms with Crippen LogP contribution in [0.25, 0.3) is 0 Å². The van der Waals surface area contributed by atoms with E-state index >= 15 is 0 Å². The van der Waals surface area contributed by atoms with Crippen LogP contribution in [0.3, 0.4) is 0 Å². The predicted molar refractivity (Wildman–Crippen MR) is 131 cm³/mol. The van der Waals surface area contributed by atoms with Gasteiger partial charge in [-0.1, -0.05) is 58.0 Å². The van der Waals surface area contributed by atoms with Crippen molar-refractivity contribution in [1.29, 1.82) is 0 Å². The van der Waals surface area contributed by atoms with Crippen molar-refractivity contribution in [2.45, 2.75) is 52.1 Å². The molecule has 1 fully saturated rings. The van der Waals surface area contributed by atoms with E-state index in [2.05, 4.69) is 24.5 Å². The summed E-state index contributed by atoms with van der Waals surface area (Å²) in [6.45, 7) is 10.5. The van der Waals surface area contributed by atoms with Crippen LogP contribution in [0.4, 0.5) is 4.79 Å². The predicted octanol–water partition coefficient (Wildman–Crippen LogP) is 3.86. The van der Waals surface area contributed by atoms with Crippen LogP contribution < -0.4 is 20.1 Å². The van der Waals surface area contributed by atoms with Crippen LogP contribution in [0, 0.1) is 5.92 Å². The SMILES string of the molecule is CC(C)c1ccc(C2(C)NC(=O)N(CC(=O)NC(c3ccc4c(c3)OCCO4)C(C)C)C2=O)cc1. The lowest BCUT2D eigenvalue weighted by atomic mass is 9.90. The number of fused-ring (bicyclic) bond motifs is 1. The fourth-order valence-electron chi connectivity index (χ4n) is 4.49. The zero-order chi connectivity index (χ0) is 25.3. The quantitative estimate of drug-likeness (QED) is 0.588. The molecule has 0 bridgehead atoms. The summed E-state index contributed by atoms with van der Waals surface area (Å²) in [6, 6.07) is 12.3. The molecule has 1 saturated heterocycles. The van der Waals surface area contributed by atoms with Crippen molar-refractivity contribution in [2.75, 3.05) is 19.8 Å². The second-order valence-corrected chi connectivity index (χ2v) is 9.92. The van der Waals surface area contributed by atoms with Crippen LogP contribution >= 0.6 is 0 Å². The number of carbonyl (C=O) groups excluding carboxylic acids is 3. The van der Waals surface area contributed by atoms with Crippen molar-refractivity contribution < 1.29 is 23.9 Å². The molecule has 2 unspecified atom stereocenters. The van der Waals surface area contributed by atoms with Gasteiger partial charge in [-0.05, 0) is 47.6 Å². The van der Waals surface area contributed by atoms with E-state index in [1.165, 1.54) is 0 Å². The van der Waals surface area contributed by atoms with Gasteiger partial charge in [0.2, 0.25) is 5.91 Å². The maximum atomic E-state index is 13.3. The van der Waals surface area contributed by atoms with Crippen LogP contribution in [0.15, 0.2) is 42.5 Å². The first-order valence-electron chi connectivity index (χ1n) is 12.0. The monoisotopic (exact) mass is 479 g/mol. The third-order valence-electron chi connectivity index (χ3n) is 6.64. The molecule has 8 heteroatoms. The summed E-state index contributed by atoms with van der Waals surface area (Å²) in [5, 5.41) is 5.75. The number of imide groups is 1. The normalized spacial score (nSPS) is 20.3. The molecule has 2 heterocycles. The molecule has 2 aromatic carbocycles.